The Balaban J connectivity index is 5.53. The quantitative estimate of drug-likeness (QED) is 0.0558. The molecule has 0 aliphatic carbocycles. The van der Waals surface area contributed by atoms with Gasteiger partial charge in [-0.15, -0.1) is 0 Å². The number of aliphatic carboxylic acids is 1. The molecule has 0 saturated heterocycles. The normalized spacial score (nSPS) is 14.4. The Kier molecular flexibility index (Phi) is 15.2. The van der Waals surface area contributed by atoms with Crippen LogP contribution in [0, 0.1) is 5.92 Å². The van der Waals surface area contributed by atoms with Crippen LogP contribution in [0.4, 0.5) is 0 Å². The molecule has 0 aliphatic heterocycles. The number of nitrogens with two attached hydrogens (primary N) is 4. The molecule has 4 unspecified atom stereocenters. The maximum Gasteiger partial charge on any atom is 0.326 e. The van der Waals surface area contributed by atoms with Crippen LogP contribution in [0.2, 0.25) is 0 Å². The van der Waals surface area contributed by atoms with Gasteiger partial charge in [0.25, 0.3) is 0 Å². The van der Waals surface area contributed by atoms with Crippen LogP contribution in [-0.4, -0.2) is 83.7 Å². The summed E-state index contributed by atoms with van der Waals surface area (Å²) in [6.07, 6.45) is 1.75. The first-order chi connectivity index (χ1) is 15.9. The topological polar surface area (TPSA) is 261 Å². The molecule has 0 aromatic rings. The summed E-state index contributed by atoms with van der Waals surface area (Å²) in [6, 6.07) is -4.52. The van der Waals surface area contributed by atoms with Gasteiger partial charge in [-0.05, 0) is 44.6 Å². The molecule has 0 rings (SSSR count). The van der Waals surface area contributed by atoms with Gasteiger partial charge in [0.05, 0.1) is 6.61 Å². The third-order valence-corrected chi connectivity index (χ3v) is 4.92. The van der Waals surface area contributed by atoms with E-state index in [1.54, 1.807) is 13.8 Å². The van der Waals surface area contributed by atoms with Gasteiger partial charge in [0.1, 0.15) is 24.2 Å². The smallest absolute Gasteiger partial charge is 0.326 e. The Bertz CT molecular complexity index is 699. The molecule has 0 aromatic heterocycles. The standard InChI is InChI=1S/C20H40N8O6/c1-11(2)15(19(33)34)28-18(32)13(6-3-4-8-21)27-17(31)14(7-5-9-25-20(23)24)26-16(30)12(22)10-29/h11-15,29H,3-10,21-22H2,1-2H3,(H,26,30)(H,27,31)(H,28,32)(H,33,34)(H4,23,24,25). The molecule has 13 N–H and O–H groups in total. The Labute approximate surface area is 199 Å². The highest BCUT2D eigenvalue weighted by Gasteiger charge is 2.30. The van der Waals surface area contributed by atoms with Gasteiger partial charge in [0.2, 0.25) is 17.7 Å². The molecule has 0 aliphatic rings. The lowest BCUT2D eigenvalue weighted by atomic mass is 10.0. The fourth-order valence-electron chi connectivity index (χ4n) is 2.94. The Hall–Kier alpha value is -2.97. The van der Waals surface area contributed by atoms with Crippen molar-refractivity contribution in [2.75, 3.05) is 19.7 Å². The van der Waals surface area contributed by atoms with Crippen LogP contribution in [0.3, 0.4) is 0 Å². The number of aliphatic imine (C=N–C) groups is 1. The van der Waals surface area contributed by atoms with Crippen LogP contribution in [0.15, 0.2) is 4.99 Å². The van der Waals surface area contributed by atoms with Crippen LogP contribution in [-0.2, 0) is 19.2 Å². The van der Waals surface area contributed by atoms with Gasteiger partial charge in [-0.3, -0.25) is 19.4 Å². The summed E-state index contributed by atoms with van der Waals surface area (Å²) in [5, 5.41) is 26.0. The minimum Gasteiger partial charge on any atom is -0.480 e. The van der Waals surface area contributed by atoms with Crippen molar-refractivity contribution >= 4 is 29.7 Å². The minimum absolute atomic E-state index is 0.118. The van der Waals surface area contributed by atoms with Gasteiger partial charge in [0.15, 0.2) is 5.96 Å². The van der Waals surface area contributed by atoms with Crippen molar-refractivity contribution in [3.8, 4) is 0 Å². The number of carboxylic acids is 1. The molecule has 0 fully saturated rings. The Morgan fingerprint density at radius 3 is 1.88 bits per heavy atom. The second-order valence-electron chi connectivity index (χ2n) is 8.21. The van der Waals surface area contributed by atoms with E-state index in [4.69, 9.17) is 28.0 Å². The summed E-state index contributed by atoms with van der Waals surface area (Å²) in [5.74, 6) is -3.79. The zero-order valence-corrected chi connectivity index (χ0v) is 19.8. The lowest BCUT2D eigenvalue weighted by Gasteiger charge is -2.26. The van der Waals surface area contributed by atoms with E-state index in [2.05, 4.69) is 20.9 Å². The molecule has 3 amide bonds. The van der Waals surface area contributed by atoms with E-state index in [1.807, 2.05) is 0 Å². The van der Waals surface area contributed by atoms with Crippen LogP contribution in [0.1, 0.15) is 46.0 Å². The number of nitrogens with zero attached hydrogens (tertiary/aromatic N) is 1. The number of carboxylic acid groups (broad SMARTS) is 1. The molecule has 0 saturated carbocycles. The molecule has 0 bridgehead atoms. The van der Waals surface area contributed by atoms with Gasteiger partial charge in [-0.1, -0.05) is 13.8 Å². The first-order valence-electron chi connectivity index (χ1n) is 11.2. The number of carbonyl (C=O) groups is 4. The van der Waals surface area contributed by atoms with E-state index in [0.717, 1.165) is 0 Å². The molecule has 14 nitrogen and oxygen atoms in total. The van der Waals surface area contributed by atoms with Crippen molar-refractivity contribution in [1.29, 1.82) is 0 Å². The van der Waals surface area contributed by atoms with Crippen molar-refractivity contribution in [2.45, 2.75) is 70.1 Å². The lowest BCUT2D eigenvalue weighted by Crippen LogP contribution is -2.57. The molecule has 196 valence electrons. The monoisotopic (exact) mass is 488 g/mol. The SMILES string of the molecule is CC(C)C(NC(=O)C(CCCCN)NC(=O)C(CCCN=C(N)N)NC(=O)C(N)CO)C(=O)O. The summed E-state index contributed by atoms with van der Waals surface area (Å²) in [4.78, 5) is 53.3. The number of unbranched alkanes of at least 4 members (excludes halogenated alkanes) is 1. The summed E-state index contributed by atoms with van der Waals surface area (Å²) in [6.45, 7) is 3.25. The molecule has 14 heteroatoms. The molecule has 0 spiro atoms. The number of amides is 3. The number of nitrogens with one attached hydrogen (secondary N) is 3. The maximum absolute atomic E-state index is 13.0. The van der Waals surface area contributed by atoms with Crippen LogP contribution in [0.5, 0.6) is 0 Å². The molecular weight excluding hydrogens is 448 g/mol. The predicted molar refractivity (Wildman–Crippen MR) is 126 cm³/mol. The lowest BCUT2D eigenvalue weighted by molar-refractivity contribution is -0.143. The average molecular weight is 489 g/mol. The molecule has 0 aromatic carbocycles. The predicted octanol–water partition coefficient (Wildman–Crippen LogP) is -3.32. The van der Waals surface area contributed by atoms with Crippen molar-refractivity contribution in [1.82, 2.24) is 16.0 Å². The second kappa shape index (κ2) is 16.6. The van der Waals surface area contributed by atoms with E-state index in [0.29, 0.717) is 25.8 Å². The number of guanidine groups is 1. The van der Waals surface area contributed by atoms with Crippen molar-refractivity contribution in [3.63, 3.8) is 0 Å². The Morgan fingerprint density at radius 2 is 1.41 bits per heavy atom. The van der Waals surface area contributed by atoms with Gasteiger partial charge in [-0.2, -0.15) is 0 Å². The third kappa shape index (κ3) is 12.3. The van der Waals surface area contributed by atoms with Crippen molar-refractivity contribution in [3.05, 3.63) is 0 Å². The van der Waals surface area contributed by atoms with Gasteiger partial charge in [0, 0.05) is 6.54 Å². The maximum atomic E-state index is 13.0. The van der Waals surface area contributed by atoms with Crippen molar-refractivity contribution in [2.24, 2.45) is 33.8 Å². The molecular formula is C20H40N8O6. The van der Waals surface area contributed by atoms with Gasteiger partial charge < -0.3 is 49.1 Å². The first kappa shape index (κ1) is 31.0. The fraction of sp³-hybridized carbons (Fsp3) is 0.750. The van der Waals surface area contributed by atoms with E-state index in [-0.39, 0.29) is 31.3 Å². The van der Waals surface area contributed by atoms with E-state index >= 15 is 0 Å². The molecule has 0 radical (unpaired) electrons. The minimum atomic E-state index is -1.24. The van der Waals surface area contributed by atoms with Crippen LogP contribution in [0.25, 0.3) is 0 Å². The van der Waals surface area contributed by atoms with E-state index in [9.17, 15) is 24.3 Å². The highest BCUT2D eigenvalue weighted by Crippen LogP contribution is 2.07. The number of hydrogen-bond acceptors (Lipinski definition) is 8. The summed E-state index contributed by atoms with van der Waals surface area (Å²) >= 11 is 0. The van der Waals surface area contributed by atoms with Crippen LogP contribution >= 0.6 is 0 Å². The van der Waals surface area contributed by atoms with Crippen LogP contribution < -0.4 is 38.9 Å². The second-order valence-corrected chi connectivity index (χ2v) is 8.21. The highest BCUT2D eigenvalue weighted by atomic mass is 16.4. The number of aliphatic hydroxyl groups excluding tert-OH is 1. The number of hydrogen-bond donors (Lipinski definition) is 9. The molecule has 0 heterocycles. The number of carbonyl (C=O) groups excluding carboxylic acids is 3. The number of rotatable bonds is 17. The van der Waals surface area contributed by atoms with E-state index < -0.39 is 54.5 Å². The average Bonchev–Trinajstić information content (AvgIpc) is 2.77. The third-order valence-electron chi connectivity index (χ3n) is 4.92. The van der Waals surface area contributed by atoms with E-state index in [1.165, 1.54) is 0 Å². The summed E-state index contributed by atoms with van der Waals surface area (Å²) < 4.78 is 0. The largest absolute Gasteiger partial charge is 0.480 e. The highest BCUT2D eigenvalue weighted by molar-refractivity contribution is 5.94. The molecule has 34 heavy (non-hydrogen) atoms. The zero-order chi connectivity index (χ0) is 26.3. The first-order valence-corrected chi connectivity index (χ1v) is 11.2. The summed E-state index contributed by atoms with van der Waals surface area (Å²) in [5.41, 5.74) is 21.6. The molecule has 4 atom stereocenters. The van der Waals surface area contributed by atoms with Crippen molar-refractivity contribution < 1.29 is 29.4 Å². The zero-order valence-electron chi connectivity index (χ0n) is 19.8. The van der Waals surface area contributed by atoms with Gasteiger partial charge in [-0.25, -0.2) is 4.79 Å². The fourth-order valence-corrected chi connectivity index (χ4v) is 2.94. The number of aliphatic hydroxyl groups is 1. The summed E-state index contributed by atoms with van der Waals surface area (Å²) in [7, 11) is 0. The van der Waals surface area contributed by atoms with Gasteiger partial charge >= 0.3 is 5.97 Å². The Morgan fingerprint density at radius 1 is 0.882 bits per heavy atom.